The predicted molar refractivity (Wildman–Crippen MR) is 88.7 cm³/mol. The lowest BCUT2D eigenvalue weighted by molar-refractivity contribution is -0.137. The average Bonchev–Trinajstić information content (AvgIpc) is 2.47. The zero-order valence-electron chi connectivity index (χ0n) is 13.7. The van der Waals surface area contributed by atoms with Crippen LogP contribution in [0.25, 0.3) is 0 Å². The first-order chi connectivity index (χ1) is 10.7. The van der Waals surface area contributed by atoms with Gasteiger partial charge in [-0.2, -0.15) is 0 Å². The van der Waals surface area contributed by atoms with Gasteiger partial charge in [0, 0.05) is 5.02 Å². The highest BCUT2D eigenvalue weighted by molar-refractivity contribution is 6.31. The molecule has 1 saturated carbocycles. The van der Waals surface area contributed by atoms with Crippen molar-refractivity contribution in [1.82, 2.24) is 5.32 Å². The maximum absolute atomic E-state index is 12.5. The van der Waals surface area contributed by atoms with Crippen molar-refractivity contribution in [3.63, 3.8) is 0 Å². The fraction of sp³-hybridized carbons (Fsp3) is 0.588. The zero-order valence-corrected chi connectivity index (χ0v) is 14.4. The number of hydrogen-bond acceptors (Lipinski definition) is 4. The van der Waals surface area contributed by atoms with Gasteiger partial charge in [0.15, 0.2) is 5.60 Å². The third kappa shape index (κ3) is 4.37. The summed E-state index contributed by atoms with van der Waals surface area (Å²) < 4.78 is 5.79. The van der Waals surface area contributed by atoms with E-state index in [1.54, 1.807) is 32.0 Å². The highest BCUT2D eigenvalue weighted by Gasteiger charge is 2.36. The monoisotopic (exact) mass is 341 g/mol. The second-order valence-electron chi connectivity index (χ2n) is 6.59. The fourth-order valence-electron chi connectivity index (χ4n) is 2.68. The Kier molecular flexibility index (Phi) is 5.55. The van der Waals surface area contributed by atoms with Crippen molar-refractivity contribution in [2.45, 2.75) is 63.9 Å². The molecule has 0 spiro atoms. The Hall–Kier alpha value is -1.30. The Balaban J connectivity index is 2.03. The van der Waals surface area contributed by atoms with Gasteiger partial charge in [-0.3, -0.25) is 4.79 Å². The van der Waals surface area contributed by atoms with Gasteiger partial charge in [-0.25, -0.2) is 0 Å². The number of halogens is 1. The van der Waals surface area contributed by atoms with E-state index in [-0.39, 0.29) is 5.91 Å². The number of hydrogen-bond donors (Lipinski definition) is 3. The molecule has 6 heteroatoms. The quantitative estimate of drug-likeness (QED) is 0.784. The van der Waals surface area contributed by atoms with Crippen LogP contribution in [0.5, 0.6) is 5.75 Å². The highest BCUT2D eigenvalue weighted by Crippen LogP contribution is 2.25. The largest absolute Gasteiger partial charge is 0.478 e. The van der Waals surface area contributed by atoms with Crippen molar-refractivity contribution in [3.05, 3.63) is 28.8 Å². The van der Waals surface area contributed by atoms with Gasteiger partial charge in [0.2, 0.25) is 0 Å². The van der Waals surface area contributed by atoms with Crippen molar-refractivity contribution < 1.29 is 19.7 Å². The van der Waals surface area contributed by atoms with E-state index in [1.807, 2.05) is 6.92 Å². The first-order valence-corrected chi connectivity index (χ1v) is 8.21. The average molecular weight is 342 g/mol. The molecule has 1 amide bonds. The molecule has 0 aromatic heterocycles. The zero-order chi connectivity index (χ0) is 17.2. The third-order valence-electron chi connectivity index (χ3n) is 4.19. The topological polar surface area (TPSA) is 78.8 Å². The van der Waals surface area contributed by atoms with E-state index in [4.69, 9.17) is 16.3 Å². The molecule has 128 valence electrons. The number of nitrogens with one attached hydrogen (secondary N) is 1. The summed E-state index contributed by atoms with van der Waals surface area (Å²) in [7, 11) is 0. The van der Waals surface area contributed by atoms with Crippen LogP contribution in [0.15, 0.2) is 18.2 Å². The number of aryl methyl sites for hydroxylation is 1. The molecule has 1 aromatic rings. The molecule has 0 unspecified atom stereocenters. The molecule has 1 aromatic carbocycles. The van der Waals surface area contributed by atoms with Crippen LogP contribution in [0.1, 0.15) is 38.7 Å². The number of benzene rings is 1. The Labute approximate surface area is 141 Å². The molecule has 0 aliphatic heterocycles. The number of carbonyl (C=O) groups is 1. The maximum atomic E-state index is 12.5. The number of ether oxygens (including phenoxy) is 1. The molecule has 3 N–H and O–H groups in total. The Morgan fingerprint density at radius 1 is 1.35 bits per heavy atom. The van der Waals surface area contributed by atoms with E-state index < -0.39 is 23.9 Å². The minimum Gasteiger partial charge on any atom is -0.478 e. The molecule has 2 rings (SSSR count). The first kappa shape index (κ1) is 18.0. The second-order valence-corrected chi connectivity index (χ2v) is 7.00. The van der Waals surface area contributed by atoms with E-state index in [1.165, 1.54) is 0 Å². The smallest absolute Gasteiger partial charge is 0.263 e. The fourth-order valence-corrected chi connectivity index (χ4v) is 2.80. The molecule has 1 aliphatic carbocycles. The van der Waals surface area contributed by atoms with Crippen molar-refractivity contribution in [2.24, 2.45) is 0 Å². The Morgan fingerprint density at radius 3 is 2.70 bits per heavy atom. The molecular weight excluding hydrogens is 318 g/mol. The third-order valence-corrected chi connectivity index (χ3v) is 4.61. The molecule has 0 bridgehead atoms. The summed E-state index contributed by atoms with van der Waals surface area (Å²) in [5.41, 5.74) is -0.242. The van der Waals surface area contributed by atoms with E-state index in [9.17, 15) is 15.0 Å². The predicted octanol–water partition coefficient (Wildman–Crippen LogP) is 2.20. The second kappa shape index (κ2) is 7.07. The van der Waals surface area contributed by atoms with Crippen molar-refractivity contribution in [1.29, 1.82) is 0 Å². The van der Waals surface area contributed by atoms with E-state index in [2.05, 4.69) is 5.32 Å². The standard InChI is InChI=1S/C17H24ClNO4/c1-10-9-11(7-8-12(10)18)23-17(2,3)16(22)19-13-5-4-6-14(20)15(13)21/h7-9,13-15,20-21H,4-6H2,1-3H3,(H,19,22)/t13-,14-,15-/m1/s1. The summed E-state index contributed by atoms with van der Waals surface area (Å²) in [4.78, 5) is 12.5. The first-order valence-electron chi connectivity index (χ1n) is 7.83. The van der Waals surface area contributed by atoms with Crippen molar-refractivity contribution >= 4 is 17.5 Å². The summed E-state index contributed by atoms with van der Waals surface area (Å²) in [6.45, 7) is 5.19. The maximum Gasteiger partial charge on any atom is 0.263 e. The number of amides is 1. The normalized spacial score (nSPS) is 25.0. The summed E-state index contributed by atoms with van der Waals surface area (Å²) in [5.74, 6) is 0.222. The van der Waals surface area contributed by atoms with E-state index >= 15 is 0 Å². The molecule has 0 radical (unpaired) electrons. The molecule has 23 heavy (non-hydrogen) atoms. The summed E-state index contributed by atoms with van der Waals surface area (Å²) >= 11 is 5.99. The lowest BCUT2D eigenvalue weighted by Gasteiger charge is -2.35. The molecule has 5 nitrogen and oxygen atoms in total. The van der Waals surface area contributed by atoms with Crippen LogP contribution in [0.3, 0.4) is 0 Å². The molecule has 1 aliphatic rings. The van der Waals surface area contributed by atoms with Gasteiger partial charge in [-0.15, -0.1) is 0 Å². The Morgan fingerprint density at radius 2 is 2.04 bits per heavy atom. The van der Waals surface area contributed by atoms with Gasteiger partial charge in [0.1, 0.15) is 5.75 Å². The van der Waals surface area contributed by atoms with Gasteiger partial charge in [0.05, 0.1) is 18.2 Å². The van der Waals surface area contributed by atoms with Crippen LogP contribution in [0.4, 0.5) is 0 Å². The minimum absolute atomic E-state index is 0.330. The SMILES string of the molecule is Cc1cc(OC(C)(C)C(=O)N[C@@H]2CCC[C@@H](O)[C@@H]2O)ccc1Cl. The van der Waals surface area contributed by atoms with Gasteiger partial charge in [-0.1, -0.05) is 11.6 Å². The van der Waals surface area contributed by atoms with Crippen LogP contribution in [-0.2, 0) is 4.79 Å². The highest BCUT2D eigenvalue weighted by atomic mass is 35.5. The Bertz CT molecular complexity index is 576. The molecule has 0 saturated heterocycles. The van der Waals surface area contributed by atoms with Gasteiger partial charge >= 0.3 is 0 Å². The van der Waals surface area contributed by atoms with E-state index in [0.717, 1.165) is 12.0 Å². The summed E-state index contributed by atoms with van der Waals surface area (Å²) in [6.07, 6.45) is 0.219. The number of carbonyl (C=O) groups excluding carboxylic acids is 1. The van der Waals surface area contributed by atoms with Crippen LogP contribution < -0.4 is 10.1 Å². The van der Waals surface area contributed by atoms with Gasteiger partial charge < -0.3 is 20.3 Å². The van der Waals surface area contributed by atoms with Crippen molar-refractivity contribution in [3.8, 4) is 5.75 Å². The molecule has 3 atom stereocenters. The lowest BCUT2D eigenvalue weighted by Crippen LogP contribution is -2.56. The van der Waals surface area contributed by atoms with Gasteiger partial charge in [-0.05, 0) is 63.8 Å². The summed E-state index contributed by atoms with van der Waals surface area (Å²) in [6, 6.07) is 4.75. The van der Waals surface area contributed by atoms with E-state index in [0.29, 0.717) is 23.6 Å². The summed E-state index contributed by atoms with van der Waals surface area (Å²) in [5, 5.41) is 23.1. The molecular formula is C17H24ClNO4. The molecule has 1 fully saturated rings. The number of aliphatic hydroxyl groups excluding tert-OH is 2. The van der Waals surface area contributed by atoms with Crippen LogP contribution in [-0.4, -0.2) is 40.0 Å². The minimum atomic E-state index is -1.11. The van der Waals surface area contributed by atoms with Crippen LogP contribution >= 0.6 is 11.6 Å². The van der Waals surface area contributed by atoms with Crippen LogP contribution in [0.2, 0.25) is 5.02 Å². The van der Waals surface area contributed by atoms with Crippen LogP contribution in [0, 0.1) is 6.92 Å². The lowest BCUT2D eigenvalue weighted by atomic mass is 9.89. The van der Waals surface area contributed by atoms with Gasteiger partial charge in [0.25, 0.3) is 5.91 Å². The molecule has 0 heterocycles. The number of aliphatic hydroxyl groups is 2. The van der Waals surface area contributed by atoms with Crippen molar-refractivity contribution in [2.75, 3.05) is 0 Å². The number of rotatable bonds is 4.